The summed E-state index contributed by atoms with van der Waals surface area (Å²) in [5.74, 6) is 0.858. The van der Waals surface area contributed by atoms with Crippen LogP contribution in [0.25, 0.3) is 0 Å². The summed E-state index contributed by atoms with van der Waals surface area (Å²) in [6, 6.07) is 5.27. The molecule has 0 aliphatic rings. The molecule has 0 aromatic heterocycles. The van der Waals surface area contributed by atoms with Gasteiger partial charge in [0.2, 0.25) is 0 Å². The lowest BCUT2D eigenvalue weighted by Crippen LogP contribution is -2.38. The molecular weight excluding hydrogens is 272 g/mol. The predicted octanol–water partition coefficient (Wildman–Crippen LogP) is 1.24. The smallest absolute Gasteiger partial charge is 0.258 e. The fraction of sp³-hybridized carbons (Fsp3) is 0.533. The first-order chi connectivity index (χ1) is 9.97. The third-order valence-corrected chi connectivity index (χ3v) is 2.90. The largest absolute Gasteiger partial charge is 0.493 e. The zero-order valence-corrected chi connectivity index (χ0v) is 13.0. The number of rotatable bonds is 8. The molecule has 1 amide bonds. The maximum atomic E-state index is 11.7. The molecule has 21 heavy (non-hydrogen) atoms. The van der Waals surface area contributed by atoms with Gasteiger partial charge in [0.1, 0.15) is 0 Å². The van der Waals surface area contributed by atoms with Crippen molar-refractivity contribution in [1.82, 2.24) is 5.32 Å². The molecule has 0 heterocycles. The number of ether oxygens (including phenoxy) is 3. The molecule has 2 unspecified atom stereocenters. The summed E-state index contributed by atoms with van der Waals surface area (Å²) in [7, 11) is 3.14. The molecule has 0 aliphatic carbocycles. The van der Waals surface area contributed by atoms with Gasteiger partial charge in [-0.05, 0) is 31.5 Å². The van der Waals surface area contributed by atoms with Crippen molar-refractivity contribution in [1.29, 1.82) is 0 Å². The molecule has 6 nitrogen and oxygen atoms in total. The topological polar surface area (TPSA) is 82.8 Å². The van der Waals surface area contributed by atoms with Crippen LogP contribution >= 0.6 is 0 Å². The SMILES string of the molecule is COCC(C)NC(=O)COc1ccc(C(C)N)cc1OC. The second-order valence-corrected chi connectivity index (χ2v) is 4.91. The van der Waals surface area contributed by atoms with Gasteiger partial charge in [-0.25, -0.2) is 0 Å². The summed E-state index contributed by atoms with van der Waals surface area (Å²) < 4.78 is 15.7. The lowest BCUT2D eigenvalue weighted by molar-refractivity contribution is -0.124. The van der Waals surface area contributed by atoms with Crippen LogP contribution in [0.15, 0.2) is 18.2 Å². The van der Waals surface area contributed by atoms with E-state index < -0.39 is 0 Å². The summed E-state index contributed by atoms with van der Waals surface area (Å²) >= 11 is 0. The Hall–Kier alpha value is -1.79. The van der Waals surface area contributed by atoms with Gasteiger partial charge in [0.05, 0.1) is 13.7 Å². The molecule has 2 atom stereocenters. The van der Waals surface area contributed by atoms with Crippen LogP contribution in [0.2, 0.25) is 0 Å². The van der Waals surface area contributed by atoms with Crippen LogP contribution in [0.1, 0.15) is 25.5 Å². The maximum absolute atomic E-state index is 11.7. The van der Waals surface area contributed by atoms with Gasteiger partial charge in [0, 0.05) is 19.2 Å². The van der Waals surface area contributed by atoms with Crippen molar-refractivity contribution in [3.8, 4) is 11.5 Å². The Morgan fingerprint density at radius 3 is 2.57 bits per heavy atom. The van der Waals surface area contributed by atoms with Crippen LogP contribution in [-0.4, -0.2) is 39.4 Å². The quantitative estimate of drug-likeness (QED) is 0.754. The van der Waals surface area contributed by atoms with E-state index in [0.717, 1.165) is 5.56 Å². The van der Waals surface area contributed by atoms with Gasteiger partial charge in [-0.1, -0.05) is 6.07 Å². The zero-order chi connectivity index (χ0) is 15.8. The van der Waals surface area contributed by atoms with Crippen molar-refractivity contribution in [3.63, 3.8) is 0 Å². The molecule has 0 radical (unpaired) electrons. The van der Waals surface area contributed by atoms with Crippen LogP contribution < -0.4 is 20.5 Å². The van der Waals surface area contributed by atoms with Crippen molar-refractivity contribution in [2.45, 2.75) is 25.9 Å². The van der Waals surface area contributed by atoms with Gasteiger partial charge in [-0.2, -0.15) is 0 Å². The van der Waals surface area contributed by atoms with Gasteiger partial charge in [0.15, 0.2) is 18.1 Å². The summed E-state index contributed by atoms with van der Waals surface area (Å²) in [6.45, 7) is 4.12. The van der Waals surface area contributed by atoms with Gasteiger partial charge < -0.3 is 25.3 Å². The van der Waals surface area contributed by atoms with E-state index in [4.69, 9.17) is 19.9 Å². The molecule has 0 aliphatic heterocycles. The summed E-state index contributed by atoms with van der Waals surface area (Å²) in [4.78, 5) is 11.7. The molecule has 0 saturated carbocycles. The molecule has 1 aromatic carbocycles. The van der Waals surface area contributed by atoms with E-state index in [-0.39, 0.29) is 24.6 Å². The number of benzene rings is 1. The van der Waals surface area contributed by atoms with Crippen molar-refractivity contribution in [3.05, 3.63) is 23.8 Å². The van der Waals surface area contributed by atoms with E-state index in [1.165, 1.54) is 0 Å². The average Bonchev–Trinajstić information content (AvgIpc) is 2.44. The molecule has 118 valence electrons. The Bertz CT molecular complexity index is 463. The Morgan fingerprint density at radius 2 is 2.00 bits per heavy atom. The predicted molar refractivity (Wildman–Crippen MR) is 80.6 cm³/mol. The second kappa shape index (κ2) is 8.49. The normalized spacial score (nSPS) is 13.4. The minimum atomic E-state index is -0.210. The van der Waals surface area contributed by atoms with E-state index in [2.05, 4.69) is 5.32 Å². The van der Waals surface area contributed by atoms with Gasteiger partial charge >= 0.3 is 0 Å². The Balaban J connectivity index is 2.60. The number of nitrogens with two attached hydrogens (primary N) is 1. The van der Waals surface area contributed by atoms with E-state index in [1.807, 2.05) is 26.0 Å². The Kier molecular flexibility index (Phi) is 6.98. The zero-order valence-electron chi connectivity index (χ0n) is 13.0. The first-order valence-electron chi connectivity index (χ1n) is 6.82. The number of hydrogen-bond donors (Lipinski definition) is 2. The highest BCUT2D eigenvalue weighted by atomic mass is 16.5. The third-order valence-electron chi connectivity index (χ3n) is 2.90. The fourth-order valence-corrected chi connectivity index (χ4v) is 1.84. The number of amides is 1. The molecule has 1 aromatic rings. The van der Waals surface area contributed by atoms with Crippen molar-refractivity contribution < 1.29 is 19.0 Å². The van der Waals surface area contributed by atoms with Crippen LogP contribution in [-0.2, 0) is 9.53 Å². The Morgan fingerprint density at radius 1 is 1.29 bits per heavy atom. The Labute approximate surface area is 125 Å². The maximum Gasteiger partial charge on any atom is 0.258 e. The van der Waals surface area contributed by atoms with E-state index in [9.17, 15) is 4.79 Å². The molecule has 0 spiro atoms. The lowest BCUT2D eigenvalue weighted by Gasteiger charge is -2.15. The third kappa shape index (κ3) is 5.61. The van der Waals surface area contributed by atoms with E-state index in [0.29, 0.717) is 18.1 Å². The molecule has 1 rings (SSSR count). The van der Waals surface area contributed by atoms with Crippen LogP contribution in [0.4, 0.5) is 0 Å². The molecular formula is C15H24N2O4. The van der Waals surface area contributed by atoms with Gasteiger partial charge in [-0.15, -0.1) is 0 Å². The number of carbonyl (C=O) groups excluding carboxylic acids is 1. The monoisotopic (exact) mass is 296 g/mol. The number of hydrogen-bond acceptors (Lipinski definition) is 5. The highest BCUT2D eigenvalue weighted by Gasteiger charge is 2.11. The van der Waals surface area contributed by atoms with Crippen LogP contribution in [0, 0.1) is 0 Å². The van der Waals surface area contributed by atoms with Gasteiger partial charge in [0.25, 0.3) is 5.91 Å². The molecule has 6 heteroatoms. The van der Waals surface area contributed by atoms with Crippen molar-refractivity contribution >= 4 is 5.91 Å². The molecule has 0 saturated heterocycles. The van der Waals surface area contributed by atoms with Crippen molar-refractivity contribution in [2.75, 3.05) is 27.4 Å². The van der Waals surface area contributed by atoms with Crippen LogP contribution in [0.3, 0.4) is 0 Å². The minimum absolute atomic E-state index is 0.0616. The highest BCUT2D eigenvalue weighted by Crippen LogP contribution is 2.29. The highest BCUT2D eigenvalue weighted by molar-refractivity contribution is 5.77. The van der Waals surface area contributed by atoms with E-state index >= 15 is 0 Å². The van der Waals surface area contributed by atoms with Crippen LogP contribution in [0.5, 0.6) is 11.5 Å². The number of carbonyl (C=O) groups is 1. The van der Waals surface area contributed by atoms with Gasteiger partial charge in [-0.3, -0.25) is 4.79 Å². The number of nitrogens with one attached hydrogen (secondary N) is 1. The first kappa shape index (κ1) is 17.3. The first-order valence-corrected chi connectivity index (χ1v) is 6.82. The van der Waals surface area contributed by atoms with E-state index in [1.54, 1.807) is 20.3 Å². The second-order valence-electron chi connectivity index (χ2n) is 4.91. The average molecular weight is 296 g/mol. The lowest BCUT2D eigenvalue weighted by atomic mass is 10.1. The standard InChI is InChI=1S/C15H24N2O4/c1-10(8-19-3)17-15(18)9-21-13-6-5-12(11(2)16)7-14(13)20-4/h5-7,10-11H,8-9,16H2,1-4H3,(H,17,18). The molecule has 0 bridgehead atoms. The molecule has 3 N–H and O–H groups in total. The fourth-order valence-electron chi connectivity index (χ4n) is 1.84. The minimum Gasteiger partial charge on any atom is -0.493 e. The molecule has 0 fully saturated rings. The van der Waals surface area contributed by atoms with Crippen molar-refractivity contribution in [2.24, 2.45) is 5.73 Å². The summed E-state index contributed by atoms with van der Waals surface area (Å²) in [5.41, 5.74) is 6.76. The number of methoxy groups -OCH3 is 2. The summed E-state index contributed by atoms with van der Waals surface area (Å²) in [5, 5.41) is 2.77. The summed E-state index contributed by atoms with van der Waals surface area (Å²) in [6.07, 6.45) is 0.